The lowest BCUT2D eigenvalue weighted by atomic mass is 9.51. The van der Waals surface area contributed by atoms with E-state index in [1.165, 1.54) is 0 Å². The van der Waals surface area contributed by atoms with Gasteiger partial charge in [-0.3, -0.25) is 0 Å². The smallest absolute Gasteiger partial charge is 0.0613 e. The molecule has 0 amide bonds. The summed E-state index contributed by atoms with van der Waals surface area (Å²) in [5.41, 5.74) is 0.220. The van der Waals surface area contributed by atoms with E-state index in [2.05, 4.69) is 26.0 Å². The maximum Gasteiger partial charge on any atom is 0.0613 e. The van der Waals surface area contributed by atoms with Crippen LogP contribution in [0.4, 0.5) is 0 Å². The fraction of sp³-hybridized carbons (Fsp3) is 0.895. The highest BCUT2D eigenvalue weighted by Gasteiger charge is 2.54. The third-order valence-electron chi connectivity index (χ3n) is 7.38. The maximum absolute atomic E-state index is 11.1. The van der Waals surface area contributed by atoms with Crippen LogP contribution in [0.5, 0.6) is 0 Å². The van der Waals surface area contributed by atoms with Crippen molar-refractivity contribution in [2.45, 2.75) is 71.0 Å². The predicted molar refractivity (Wildman–Crippen MR) is 87.2 cm³/mol. The number of allylic oxidation sites excluding steroid dienone is 2. The number of aliphatic hydroxyl groups excluding tert-OH is 3. The molecule has 0 spiro atoms. The molecule has 0 aliphatic heterocycles. The first-order valence-electron chi connectivity index (χ1n) is 9.05. The molecule has 2 saturated carbocycles. The molecular weight excluding hydrogens is 276 g/mol. The summed E-state index contributed by atoms with van der Waals surface area (Å²) >= 11 is 0. The van der Waals surface area contributed by atoms with Gasteiger partial charge in [0.15, 0.2) is 0 Å². The van der Waals surface area contributed by atoms with Crippen LogP contribution < -0.4 is 0 Å². The zero-order chi connectivity index (χ0) is 16.0. The highest BCUT2D eigenvalue weighted by molar-refractivity contribution is 5.15. The Morgan fingerprint density at radius 3 is 2.59 bits per heavy atom. The molecule has 3 aliphatic rings. The number of hydrogen-bond acceptors (Lipinski definition) is 3. The standard InChI is InChI=1S/C19H32O3/c1-18-8-3-4-15(18)17(22)16(6-9-18)19(2)10-5-14(21)12-13(19)7-11-20/h3,8,13-17,20-22H,4-7,9-12H2,1-2H3/t13-,14-,15?,16?,17+,18+,19-/m0/s1. The second-order valence-electron chi connectivity index (χ2n) is 8.53. The second-order valence-corrected chi connectivity index (χ2v) is 8.53. The molecule has 0 aromatic heterocycles. The molecule has 3 nitrogen and oxygen atoms in total. The Hall–Kier alpha value is -0.380. The molecule has 7 atom stereocenters. The largest absolute Gasteiger partial charge is 0.396 e. The molecule has 0 bridgehead atoms. The van der Waals surface area contributed by atoms with Crippen molar-refractivity contribution in [3.05, 3.63) is 12.2 Å². The Balaban J connectivity index is 1.82. The summed E-state index contributed by atoms with van der Waals surface area (Å²) in [5.74, 6) is 0.971. The van der Waals surface area contributed by atoms with Gasteiger partial charge in [0.2, 0.25) is 0 Å². The van der Waals surface area contributed by atoms with Gasteiger partial charge < -0.3 is 15.3 Å². The molecule has 3 aliphatic carbocycles. The molecule has 3 heteroatoms. The molecule has 0 radical (unpaired) electrons. The summed E-state index contributed by atoms with van der Waals surface area (Å²) in [6.45, 7) is 4.77. The van der Waals surface area contributed by atoms with E-state index >= 15 is 0 Å². The van der Waals surface area contributed by atoms with Crippen molar-refractivity contribution < 1.29 is 15.3 Å². The Morgan fingerprint density at radius 1 is 1.09 bits per heavy atom. The molecule has 0 heterocycles. The number of fused-ring (bicyclic) bond motifs is 1. The van der Waals surface area contributed by atoms with E-state index in [1.807, 2.05) is 0 Å². The summed E-state index contributed by atoms with van der Waals surface area (Å²) in [6.07, 6.45) is 10.6. The lowest BCUT2D eigenvalue weighted by molar-refractivity contribution is -0.121. The van der Waals surface area contributed by atoms with Gasteiger partial charge in [0.05, 0.1) is 12.2 Å². The summed E-state index contributed by atoms with van der Waals surface area (Å²) in [4.78, 5) is 0. The highest BCUT2D eigenvalue weighted by atomic mass is 16.3. The second kappa shape index (κ2) is 5.92. The molecule has 3 rings (SSSR count). The Labute approximate surface area is 134 Å². The van der Waals surface area contributed by atoms with Gasteiger partial charge in [-0.2, -0.15) is 0 Å². The number of rotatable bonds is 3. The minimum absolute atomic E-state index is 0.0469. The lowest BCUT2D eigenvalue weighted by Crippen LogP contribution is -2.52. The fourth-order valence-electron chi connectivity index (χ4n) is 5.80. The first-order chi connectivity index (χ1) is 10.4. The number of aliphatic hydroxyl groups is 3. The zero-order valence-corrected chi connectivity index (χ0v) is 14.0. The molecule has 3 N–H and O–H groups in total. The average molecular weight is 308 g/mol. The van der Waals surface area contributed by atoms with E-state index in [9.17, 15) is 15.3 Å². The van der Waals surface area contributed by atoms with Crippen LogP contribution in [0.25, 0.3) is 0 Å². The monoisotopic (exact) mass is 308 g/mol. The van der Waals surface area contributed by atoms with E-state index in [-0.39, 0.29) is 29.6 Å². The summed E-state index contributed by atoms with van der Waals surface area (Å²) in [6, 6.07) is 0. The van der Waals surface area contributed by atoms with Crippen molar-refractivity contribution in [2.75, 3.05) is 6.61 Å². The first kappa shape index (κ1) is 16.5. The molecule has 2 unspecified atom stereocenters. The van der Waals surface area contributed by atoms with Crippen LogP contribution in [0.1, 0.15) is 58.8 Å². The zero-order valence-electron chi connectivity index (χ0n) is 14.0. The van der Waals surface area contributed by atoms with Crippen LogP contribution in [-0.2, 0) is 0 Å². The minimum Gasteiger partial charge on any atom is -0.396 e. The van der Waals surface area contributed by atoms with Crippen LogP contribution in [0.3, 0.4) is 0 Å². The van der Waals surface area contributed by atoms with Gasteiger partial charge in [-0.05, 0) is 73.5 Å². The summed E-state index contributed by atoms with van der Waals surface area (Å²) in [5, 5.41) is 30.6. The van der Waals surface area contributed by atoms with E-state index in [0.717, 1.165) is 44.9 Å². The van der Waals surface area contributed by atoms with Crippen molar-refractivity contribution in [3.63, 3.8) is 0 Å². The minimum atomic E-state index is -0.254. The predicted octanol–water partition coefficient (Wildman–Crippen LogP) is 2.89. The molecular formula is C19H32O3. The third kappa shape index (κ3) is 2.55. The van der Waals surface area contributed by atoms with Crippen molar-refractivity contribution >= 4 is 0 Å². The van der Waals surface area contributed by atoms with Crippen LogP contribution in [0, 0.1) is 28.6 Å². The van der Waals surface area contributed by atoms with E-state index in [1.54, 1.807) is 0 Å². The average Bonchev–Trinajstić information content (AvgIpc) is 2.86. The van der Waals surface area contributed by atoms with E-state index in [0.29, 0.717) is 17.8 Å². The molecule has 0 aromatic rings. The molecule has 22 heavy (non-hydrogen) atoms. The molecule has 2 fully saturated rings. The van der Waals surface area contributed by atoms with Crippen LogP contribution in [-0.4, -0.2) is 34.1 Å². The van der Waals surface area contributed by atoms with E-state index in [4.69, 9.17) is 0 Å². The fourth-order valence-corrected chi connectivity index (χ4v) is 5.80. The summed E-state index contributed by atoms with van der Waals surface area (Å²) < 4.78 is 0. The molecule has 0 saturated heterocycles. The van der Waals surface area contributed by atoms with E-state index < -0.39 is 0 Å². The molecule has 126 valence electrons. The molecule has 0 aromatic carbocycles. The summed E-state index contributed by atoms with van der Waals surface area (Å²) in [7, 11) is 0. The quantitative estimate of drug-likeness (QED) is 0.703. The normalized spacial score (nSPS) is 51.8. The Bertz CT molecular complexity index is 434. The maximum atomic E-state index is 11.1. The van der Waals surface area contributed by atoms with Gasteiger partial charge in [0.1, 0.15) is 0 Å². The first-order valence-corrected chi connectivity index (χ1v) is 9.05. The lowest BCUT2D eigenvalue weighted by Gasteiger charge is -2.55. The van der Waals surface area contributed by atoms with Crippen molar-refractivity contribution in [2.24, 2.45) is 28.6 Å². The highest BCUT2D eigenvalue weighted by Crippen LogP contribution is 2.58. The third-order valence-corrected chi connectivity index (χ3v) is 7.38. The van der Waals surface area contributed by atoms with Gasteiger partial charge in [-0.1, -0.05) is 26.0 Å². The van der Waals surface area contributed by atoms with Gasteiger partial charge >= 0.3 is 0 Å². The van der Waals surface area contributed by atoms with Crippen molar-refractivity contribution in [3.8, 4) is 0 Å². The van der Waals surface area contributed by atoms with Gasteiger partial charge in [0.25, 0.3) is 0 Å². The Kier molecular flexibility index (Phi) is 4.43. The van der Waals surface area contributed by atoms with Gasteiger partial charge in [-0.15, -0.1) is 0 Å². The van der Waals surface area contributed by atoms with Crippen LogP contribution >= 0.6 is 0 Å². The van der Waals surface area contributed by atoms with Gasteiger partial charge in [-0.25, -0.2) is 0 Å². The van der Waals surface area contributed by atoms with Crippen molar-refractivity contribution in [1.29, 1.82) is 0 Å². The van der Waals surface area contributed by atoms with Crippen molar-refractivity contribution in [1.82, 2.24) is 0 Å². The SMILES string of the molecule is C[C@]12C=CCC1[C@@H](O)C([C@@]1(C)CC[C@H](O)C[C@@H]1CCO)CC2. The van der Waals surface area contributed by atoms with Gasteiger partial charge in [0, 0.05) is 6.61 Å². The topological polar surface area (TPSA) is 60.7 Å². The van der Waals surface area contributed by atoms with Crippen LogP contribution in [0.15, 0.2) is 12.2 Å². The Morgan fingerprint density at radius 2 is 1.86 bits per heavy atom. The van der Waals surface area contributed by atoms with Crippen LogP contribution in [0.2, 0.25) is 0 Å². The number of hydrogen-bond donors (Lipinski definition) is 3.